The predicted molar refractivity (Wildman–Crippen MR) is 61.4 cm³/mol. The minimum atomic E-state index is 0.507. The van der Waals surface area contributed by atoms with Crippen molar-refractivity contribution in [1.82, 2.24) is 4.98 Å². The summed E-state index contributed by atoms with van der Waals surface area (Å²) in [6.07, 6.45) is 4.28. The molecular weight excluding hydrogens is 172 g/mol. The smallest absolute Gasteiger partial charge is 0.126 e. The van der Waals surface area contributed by atoms with E-state index in [1.54, 1.807) is 0 Å². The number of hydrogen-bond acceptors (Lipinski definition) is 2. The Morgan fingerprint density at radius 1 is 1.21 bits per heavy atom. The first-order valence-electron chi connectivity index (χ1n) is 5.36. The van der Waals surface area contributed by atoms with Gasteiger partial charge in [0.15, 0.2) is 0 Å². The van der Waals surface area contributed by atoms with Crippen molar-refractivity contribution >= 4 is 5.82 Å². The highest BCUT2D eigenvalue weighted by atomic mass is 15.0. The Labute approximate surface area is 86.8 Å². The lowest BCUT2D eigenvalue weighted by molar-refractivity contribution is 0.527. The molecule has 0 aliphatic carbocycles. The molecule has 1 rings (SSSR count). The minimum Gasteiger partial charge on any atom is -0.368 e. The monoisotopic (exact) mass is 192 g/mol. The number of rotatable bonds is 5. The van der Waals surface area contributed by atoms with Crippen molar-refractivity contribution in [2.75, 3.05) is 5.32 Å². The first-order valence-corrected chi connectivity index (χ1v) is 5.36. The molecule has 78 valence electrons. The average molecular weight is 192 g/mol. The molecule has 0 aliphatic rings. The van der Waals surface area contributed by atoms with Gasteiger partial charge in [0, 0.05) is 12.2 Å². The molecule has 0 amide bonds. The molecule has 14 heavy (non-hydrogen) atoms. The summed E-state index contributed by atoms with van der Waals surface area (Å²) in [6, 6.07) is 6.45. The summed E-state index contributed by atoms with van der Waals surface area (Å²) in [5, 5.41) is 3.39. The fourth-order valence-electron chi connectivity index (χ4n) is 1.36. The van der Waals surface area contributed by atoms with E-state index in [1.165, 1.54) is 12.8 Å². The minimum absolute atomic E-state index is 0.507. The highest BCUT2D eigenvalue weighted by Gasteiger charge is 2.03. The molecule has 0 spiro atoms. The second kappa shape index (κ2) is 5.63. The number of hydrogen-bond donors (Lipinski definition) is 1. The molecule has 0 saturated carbocycles. The Kier molecular flexibility index (Phi) is 4.44. The van der Waals surface area contributed by atoms with Crippen molar-refractivity contribution in [2.24, 2.45) is 5.92 Å². The molecule has 2 heteroatoms. The molecule has 1 heterocycles. The Hall–Kier alpha value is -1.05. The third-order valence-electron chi connectivity index (χ3n) is 2.24. The first-order chi connectivity index (χ1) is 6.68. The Morgan fingerprint density at radius 2 is 2.00 bits per heavy atom. The van der Waals surface area contributed by atoms with E-state index in [-0.39, 0.29) is 0 Å². The largest absolute Gasteiger partial charge is 0.368 e. The van der Waals surface area contributed by atoms with Crippen LogP contribution in [0.2, 0.25) is 0 Å². The molecule has 0 saturated heterocycles. The topological polar surface area (TPSA) is 24.9 Å². The maximum atomic E-state index is 4.23. The summed E-state index contributed by atoms with van der Waals surface area (Å²) in [5.74, 6) is 1.76. The van der Waals surface area contributed by atoms with Gasteiger partial charge in [0.05, 0.1) is 0 Å². The second-order valence-corrected chi connectivity index (χ2v) is 4.23. The molecule has 1 aromatic rings. The summed E-state index contributed by atoms with van der Waals surface area (Å²) in [5.41, 5.74) is 0. The van der Waals surface area contributed by atoms with E-state index in [4.69, 9.17) is 0 Å². The molecule has 1 atom stereocenters. The molecule has 0 aliphatic heterocycles. The zero-order valence-corrected chi connectivity index (χ0v) is 9.33. The maximum Gasteiger partial charge on any atom is 0.126 e. The van der Waals surface area contributed by atoms with Gasteiger partial charge in [-0.2, -0.15) is 0 Å². The zero-order chi connectivity index (χ0) is 10.4. The summed E-state index contributed by atoms with van der Waals surface area (Å²) < 4.78 is 0. The number of nitrogens with one attached hydrogen (secondary N) is 1. The fraction of sp³-hybridized carbons (Fsp3) is 0.583. The third kappa shape index (κ3) is 4.26. The van der Waals surface area contributed by atoms with Crippen LogP contribution in [0, 0.1) is 5.92 Å². The quantitative estimate of drug-likeness (QED) is 0.774. The van der Waals surface area contributed by atoms with Crippen LogP contribution in [-0.2, 0) is 0 Å². The van der Waals surface area contributed by atoms with E-state index in [2.05, 4.69) is 31.1 Å². The molecule has 0 fully saturated rings. The lowest BCUT2D eigenvalue weighted by Gasteiger charge is -2.15. The van der Waals surface area contributed by atoms with Gasteiger partial charge in [-0.15, -0.1) is 0 Å². The van der Waals surface area contributed by atoms with E-state index in [1.807, 2.05) is 24.4 Å². The van der Waals surface area contributed by atoms with Crippen LogP contribution in [0.5, 0.6) is 0 Å². The number of aromatic nitrogens is 1. The molecule has 0 aromatic carbocycles. The van der Waals surface area contributed by atoms with Crippen LogP contribution in [0.1, 0.15) is 33.6 Å². The Bertz CT molecular complexity index is 244. The summed E-state index contributed by atoms with van der Waals surface area (Å²) in [7, 11) is 0. The number of pyridine rings is 1. The Morgan fingerprint density at radius 3 is 2.57 bits per heavy atom. The van der Waals surface area contributed by atoms with Gasteiger partial charge in [-0.05, 0) is 37.8 Å². The second-order valence-electron chi connectivity index (χ2n) is 4.23. The van der Waals surface area contributed by atoms with Gasteiger partial charge < -0.3 is 5.32 Å². The molecule has 1 N–H and O–H groups in total. The van der Waals surface area contributed by atoms with Crippen molar-refractivity contribution in [3.8, 4) is 0 Å². The van der Waals surface area contributed by atoms with E-state index in [0.29, 0.717) is 6.04 Å². The van der Waals surface area contributed by atoms with Crippen molar-refractivity contribution in [2.45, 2.75) is 39.7 Å². The van der Waals surface area contributed by atoms with Crippen LogP contribution in [0.3, 0.4) is 0 Å². The van der Waals surface area contributed by atoms with Gasteiger partial charge in [0.2, 0.25) is 0 Å². The summed E-state index contributed by atoms with van der Waals surface area (Å²) in [6.45, 7) is 6.72. The van der Waals surface area contributed by atoms with E-state index in [0.717, 1.165) is 11.7 Å². The molecular formula is C12H20N2. The summed E-state index contributed by atoms with van der Waals surface area (Å²) in [4.78, 5) is 4.23. The van der Waals surface area contributed by atoms with E-state index < -0.39 is 0 Å². The van der Waals surface area contributed by atoms with Crippen LogP contribution in [0.4, 0.5) is 5.82 Å². The van der Waals surface area contributed by atoms with Gasteiger partial charge >= 0.3 is 0 Å². The fourth-order valence-corrected chi connectivity index (χ4v) is 1.36. The van der Waals surface area contributed by atoms with E-state index >= 15 is 0 Å². The SMILES string of the molecule is CC(C)CCC(C)Nc1ccccn1. The standard InChI is InChI=1S/C12H20N2/c1-10(2)7-8-11(3)14-12-6-4-5-9-13-12/h4-6,9-11H,7-8H2,1-3H3,(H,13,14). The average Bonchev–Trinajstić information content (AvgIpc) is 2.16. The van der Waals surface area contributed by atoms with Gasteiger partial charge in [-0.1, -0.05) is 19.9 Å². The van der Waals surface area contributed by atoms with Crippen LogP contribution < -0.4 is 5.32 Å². The molecule has 1 unspecified atom stereocenters. The Balaban J connectivity index is 2.30. The lowest BCUT2D eigenvalue weighted by atomic mass is 10.0. The molecule has 0 bridgehead atoms. The van der Waals surface area contributed by atoms with Crippen molar-refractivity contribution in [3.05, 3.63) is 24.4 Å². The van der Waals surface area contributed by atoms with Gasteiger partial charge in [-0.3, -0.25) is 0 Å². The zero-order valence-electron chi connectivity index (χ0n) is 9.33. The highest BCUT2D eigenvalue weighted by Crippen LogP contribution is 2.10. The van der Waals surface area contributed by atoms with Crippen molar-refractivity contribution < 1.29 is 0 Å². The van der Waals surface area contributed by atoms with Crippen LogP contribution in [0.25, 0.3) is 0 Å². The number of nitrogens with zero attached hydrogens (tertiary/aromatic N) is 1. The van der Waals surface area contributed by atoms with Crippen LogP contribution in [0.15, 0.2) is 24.4 Å². The van der Waals surface area contributed by atoms with Crippen LogP contribution >= 0.6 is 0 Å². The first kappa shape index (κ1) is 11.0. The van der Waals surface area contributed by atoms with E-state index in [9.17, 15) is 0 Å². The number of anilines is 1. The van der Waals surface area contributed by atoms with Crippen molar-refractivity contribution in [3.63, 3.8) is 0 Å². The highest BCUT2D eigenvalue weighted by molar-refractivity contribution is 5.33. The molecule has 1 aromatic heterocycles. The van der Waals surface area contributed by atoms with Crippen molar-refractivity contribution in [1.29, 1.82) is 0 Å². The summed E-state index contributed by atoms with van der Waals surface area (Å²) >= 11 is 0. The maximum absolute atomic E-state index is 4.23. The molecule has 0 radical (unpaired) electrons. The molecule has 2 nitrogen and oxygen atoms in total. The predicted octanol–water partition coefficient (Wildman–Crippen LogP) is 3.32. The van der Waals surface area contributed by atoms with Gasteiger partial charge in [-0.25, -0.2) is 4.98 Å². The van der Waals surface area contributed by atoms with Gasteiger partial charge in [0.25, 0.3) is 0 Å². The van der Waals surface area contributed by atoms with Gasteiger partial charge in [0.1, 0.15) is 5.82 Å². The van der Waals surface area contributed by atoms with Crippen LogP contribution in [-0.4, -0.2) is 11.0 Å². The normalized spacial score (nSPS) is 12.9. The lowest BCUT2D eigenvalue weighted by Crippen LogP contribution is -2.16. The third-order valence-corrected chi connectivity index (χ3v) is 2.24.